The van der Waals surface area contributed by atoms with E-state index in [4.69, 9.17) is 0 Å². The molecule has 1 atom stereocenters. The number of carbonyl (C=O) groups excluding carboxylic acids is 2. The van der Waals surface area contributed by atoms with Crippen molar-refractivity contribution in [3.05, 3.63) is 0 Å². The molecule has 16 heteroatoms. The highest BCUT2D eigenvalue weighted by Crippen LogP contribution is 2.21. The van der Waals surface area contributed by atoms with Crippen molar-refractivity contribution in [3.63, 3.8) is 0 Å². The van der Waals surface area contributed by atoms with Crippen LogP contribution >= 0.6 is 0 Å². The van der Waals surface area contributed by atoms with Gasteiger partial charge in [0.15, 0.2) is 0 Å². The summed E-state index contributed by atoms with van der Waals surface area (Å²) in [6.07, 6.45) is 10.1. The van der Waals surface area contributed by atoms with Crippen molar-refractivity contribution < 1.29 is 13.8 Å². The van der Waals surface area contributed by atoms with E-state index < -0.39 is 10.8 Å². The van der Waals surface area contributed by atoms with Gasteiger partial charge in [0, 0.05) is 219 Å². The van der Waals surface area contributed by atoms with Gasteiger partial charge in [-0.25, -0.2) is 0 Å². The highest BCUT2D eigenvalue weighted by molar-refractivity contribution is 7.85. The smallest absolute Gasteiger partial charge is 0.222 e. The minimum Gasteiger partial charge on any atom is -0.340 e. The van der Waals surface area contributed by atoms with Gasteiger partial charge in [-0.15, -0.1) is 0 Å². The fraction of sp³-hybridized carbons (Fsp3) is 0.971. The first kappa shape index (κ1) is 81.7. The Morgan fingerprint density at radius 1 is 0.471 bits per heavy atom. The third kappa shape index (κ3) is 34.6. The number of likely N-dealkylation sites (tertiary alicyclic amines) is 3. The average molecular weight is 1220 g/mol. The molecule has 8 aliphatic rings. The predicted octanol–water partition coefficient (Wildman–Crippen LogP) is 9.96. The van der Waals surface area contributed by atoms with Gasteiger partial charge in [0.1, 0.15) is 0 Å². The van der Waals surface area contributed by atoms with Gasteiger partial charge in [-0.2, -0.15) is 0 Å². The van der Waals surface area contributed by atoms with E-state index in [2.05, 4.69) is 209 Å². The largest absolute Gasteiger partial charge is 0.340 e. The maximum Gasteiger partial charge on any atom is 0.222 e. The quantitative estimate of drug-likeness (QED) is 0.238. The fourth-order valence-electron chi connectivity index (χ4n) is 12.6. The first-order valence-electron chi connectivity index (χ1n) is 35.0. The lowest BCUT2D eigenvalue weighted by atomic mass is 9.98. The number of piperazine rings is 4. The number of nitrogens with zero attached hydrogens (tertiary/aromatic N) is 11. The van der Waals surface area contributed by atoms with Crippen molar-refractivity contribution in [1.29, 1.82) is 0 Å². The van der Waals surface area contributed by atoms with Gasteiger partial charge in [0.25, 0.3) is 0 Å². The number of carbonyl (C=O) groups is 2. The molecule has 8 rings (SSSR count). The minimum atomic E-state index is -0.519. The lowest BCUT2D eigenvalue weighted by Gasteiger charge is -2.45. The molecule has 8 saturated heterocycles. The molecule has 0 unspecified atom stereocenters. The highest BCUT2D eigenvalue weighted by atomic mass is 32.2. The van der Waals surface area contributed by atoms with Gasteiger partial charge in [0.2, 0.25) is 11.8 Å². The maximum atomic E-state index is 11.2. The van der Waals surface area contributed by atoms with Crippen LogP contribution < -0.4 is 5.32 Å². The van der Waals surface area contributed by atoms with Crippen molar-refractivity contribution in [2.75, 3.05) is 156 Å². The summed E-state index contributed by atoms with van der Waals surface area (Å²) < 4.78 is 10.9. The third-order valence-electron chi connectivity index (χ3n) is 19.0. The molecule has 0 aromatic heterocycles. The SMILES string of the molecule is CC(=O)N1CCN(C(C)C)CC1.CC(C)N1CCCCC1=O.CC(C)N1CCCC[C@H]1C.CC(C)N1CCN(C(C)C)CC1.CC(C)N1CCN(C)CC1.CC(C)N1CCNCC1(C)C.CC(C)N1CCS(=O)CC1.CC1CCN(C(C)C)CC1. The van der Waals surface area contributed by atoms with Gasteiger partial charge < -0.3 is 24.9 Å². The van der Waals surface area contributed by atoms with Crippen LogP contribution in [0.25, 0.3) is 0 Å². The van der Waals surface area contributed by atoms with Crippen molar-refractivity contribution in [2.45, 2.75) is 277 Å². The Morgan fingerprint density at radius 2 is 0.871 bits per heavy atom. The molecule has 0 spiro atoms. The molecule has 15 nitrogen and oxygen atoms in total. The Kier molecular flexibility index (Phi) is 42.5. The van der Waals surface area contributed by atoms with Crippen LogP contribution in [0, 0.1) is 5.92 Å². The summed E-state index contributed by atoms with van der Waals surface area (Å²) in [5.41, 5.74) is 0.340. The van der Waals surface area contributed by atoms with E-state index in [1.165, 1.54) is 117 Å². The number of piperidine rings is 3. The molecule has 0 aliphatic carbocycles. The summed E-state index contributed by atoms with van der Waals surface area (Å²) in [4.78, 5) is 48.6. The average Bonchev–Trinajstić information content (AvgIpc) is 3.63. The van der Waals surface area contributed by atoms with Crippen LogP contribution in [0.1, 0.15) is 211 Å². The molecule has 85 heavy (non-hydrogen) atoms. The molecule has 0 radical (unpaired) electrons. The second-order valence-electron chi connectivity index (χ2n) is 29.2. The van der Waals surface area contributed by atoms with Gasteiger partial charge >= 0.3 is 0 Å². The minimum absolute atomic E-state index is 0.207. The summed E-state index contributed by atoms with van der Waals surface area (Å²) in [6.45, 7) is 75.4. The standard InChI is InChI=1S/C10H22N2.C9H18N2O.C9H20N2.2C9H19N.C8H18N2.C8H15NO.C7H15NOS/c1-9(2)11-5-7-12(8-6-11)10(3)4;1-8(2)10-4-6-11(7-5-10)9(3)12;1-8(2)11-6-5-10-7-9(11,3)4;1-8(2)10-6-4-9(3)5-7-10;1-8(2)10-7-5-4-6-9(10)3;1-8(2)10-6-4-9(3)5-7-10;1-7(2)9-6-4-3-5-8(9)10;1-7(2)8-3-5-10(9)6-4-8/h9-10H,5-8H2,1-4H3;8H,4-7H2,1-3H3;8,10H,5-7H2,1-4H3;2*8-9H,4-7H2,1-3H3;8H,4-7H2,1-3H3;2*7H,3-6H2,1-2H3/t;;;;9-;;;/m....1.../s1. The van der Waals surface area contributed by atoms with Crippen LogP contribution in [0.15, 0.2) is 0 Å². The molecule has 0 aromatic rings. The number of nitrogens with one attached hydrogen (secondary N) is 1. The van der Waals surface area contributed by atoms with Gasteiger partial charge in [-0.05, 0) is 217 Å². The second kappa shape index (κ2) is 44.2. The van der Waals surface area contributed by atoms with Crippen LogP contribution in [0.3, 0.4) is 0 Å². The summed E-state index contributed by atoms with van der Waals surface area (Å²) in [5, 5.41) is 3.42. The third-order valence-corrected chi connectivity index (χ3v) is 20.3. The Labute approximate surface area is 531 Å². The van der Waals surface area contributed by atoms with Crippen LogP contribution in [0.4, 0.5) is 0 Å². The molecule has 0 bridgehead atoms. The zero-order chi connectivity index (χ0) is 64.6. The van der Waals surface area contributed by atoms with Gasteiger partial charge in [-0.3, -0.25) is 48.1 Å². The molecule has 0 saturated carbocycles. The van der Waals surface area contributed by atoms with Gasteiger partial charge in [0.05, 0.1) is 0 Å². The van der Waals surface area contributed by atoms with Crippen molar-refractivity contribution >= 4 is 22.6 Å². The number of hydrogen-bond acceptors (Lipinski definition) is 13. The van der Waals surface area contributed by atoms with E-state index in [0.29, 0.717) is 35.6 Å². The number of rotatable bonds is 9. The van der Waals surface area contributed by atoms with Crippen LogP contribution in [0.2, 0.25) is 0 Å². The molecule has 0 aromatic carbocycles. The van der Waals surface area contributed by atoms with E-state index in [1.54, 1.807) is 6.92 Å². The zero-order valence-electron chi connectivity index (χ0n) is 60.8. The van der Waals surface area contributed by atoms with Crippen LogP contribution in [-0.4, -0.2) is 292 Å². The molecular formula is C69H146N12O3S. The highest BCUT2D eigenvalue weighted by Gasteiger charge is 2.31. The van der Waals surface area contributed by atoms with E-state index in [-0.39, 0.29) is 5.91 Å². The summed E-state index contributed by atoms with van der Waals surface area (Å²) in [5.74, 6) is 3.26. The van der Waals surface area contributed by atoms with E-state index in [1.807, 2.05) is 9.80 Å². The first-order chi connectivity index (χ1) is 39.8. The molecule has 506 valence electrons. The van der Waals surface area contributed by atoms with E-state index in [9.17, 15) is 13.8 Å². The Hall–Kier alpha value is -1.31. The lowest BCUT2D eigenvalue weighted by Crippen LogP contribution is -2.59. The number of amides is 2. The lowest BCUT2D eigenvalue weighted by molar-refractivity contribution is -0.135. The molecular weight excluding hydrogens is 1080 g/mol. The molecule has 2 amide bonds. The van der Waals surface area contributed by atoms with E-state index in [0.717, 1.165) is 125 Å². The monoisotopic (exact) mass is 1220 g/mol. The summed E-state index contributed by atoms with van der Waals surface area (Å²) in [6, 6.07) is 6.81. The van der Waals surface area contributed by atoms with Gasteiger partial charge in [-0.1, -0.05) is 13.3 Å². The topological polar surface area (TPSA) is 98.9 Å². The van der Waals surface area contributed by atoms with Crippen molar-refractivity contribution in [2.24, 2.45) is 5.92 Å². The molecule has 1 N–H and O–H groups in total. The first-order valence-corrected chi connectivity index (χ1v) is 36.5. The maximum absolute atomic E-state index is 11.2. The Morgan fingerprint density at radius 3 is 1.20 bits per heavy atom. The summed E-state index contributed by atoms with van der Waals surface area (Å²) >= 11 is 0. The van der Waals surface area contributed by atoms with Crippen LogP contribution in [0.5, 0.6) is 0 Å². The molecule has 8 aliphatic heterocycles. The predicted molar refractivity (Wildman–Crippen MR) is 371 cm³/mol. The zero-order valence-corrected chi connectivity index (χ0v) is 61.6. The molecule has 8 fully saturated rings. The number of likely N-dealkylation sites (N-methyl/N-ethyl adjacent to an activating group) is 1. The van der Waals surface area contributed by atoms with Crippen LogP contribution in [-0.2, 0) is 20.4 Å². The molecule has 8 heterocycles. The van der Waals surface area contributed by atoms with Crippen molar-refractivity contribution in [3.8, 4) is 0 Å². The normalized spacial score (nSPS) is 23.7. The Bertz CT molecular complexity index is 1650. The summed E-state index contributed by atoms with van der Waals surface area (Å²) in [7, 11) is 1.67. The number of hydrogen-bond donors (Lipinski definition) is 1. The fourth-order valence-corrected chi connectivity index (χ4v) is 13.7. The van der Waals surface area contributed by atoms with Crippen molar-refractivity contribution in [1.82, 2.24) is 59.2 Å². The second-order valence-corrected chi connectivity index (χ2v) is 30.9. The van der Waals surface area contributed by atoms with E-state index >= 15 is 0 Å². The Balaban J connectivity index is 0.000000486.